The number of rotatable bonds is 4. The second kappa shape index (κ2) is 5.87. The lowest BCUT2D eigenvalue weighted by Crippen LogP contribution is -2.38. The second-order valence-corrected chi connectivity index (χ2v) is 4.70. The summed E-state index contributed by atoms with van der Waals surface area (Å²) in [6.45, 7) is 1.56. The Morgan fingerprint density at radius 2 is 2.30 bits per heavy atom. The number of nitrogens with zero attached hydrogens (tertiary/aromatic N) is 2. The number of hydrogen-bond donors (Lipinski definition) is 1. The van der Waals surface area contributed by atoms with Crippen LogP contribution in [-0.4, -0.2) is 49.0 Å². The van der Waals surface area contributed by atoms with E-state index in [1.54, 1.807) is 11.9 Å². The first-order valence-electron chi connectivity index (χ1n) is 6.35. The van der Waals surface area contributed by atoms with Gasteiger partial charge in [0.2, 0.25) is 0 Å². The second-order valence-electron chi connectivity index (χ2n) is 4.70. The van der Waals surface area contributed by atoms with Gasteiger partial charge in [-0.05, 0) is 25.1 Å². The van der Waals surface area contributed by atoms with Crippen LogP contribution in [0.2, 0.25) is 0 Å². The molecule has 0 radical (unpaired) electrons. The molecule has 0 saturated carbocycles. The minimum absolute atomic E-state index is 0.0590. The number of amides is 1. The number of nitrogens with one attached hydrogen (secondary N) is 1. The van der Waals surface area contributed by atoms with E-state index in [1.807, 2.05) is 0 Å². The van der Waals surface area contributed by atoms with Gasteiger partial charge in [0.1, 0.15) is 11.3 Å². The summed E-state index contributed by atoms with van der Waals surface area (Å²) in [5.74, 6) is 0.0706. The van der Waals surface area contributed by atoms with Gasteiger partial charge in [-0.25, -0.2) is 0 Å². The quantitative estimate of drug-likeness (QED) is 0.657. The highest BCUT2D eigenvalue weighted by atomic mass is 16.6. The number of benzene rings is 1. The van der Waals surface area contributed by atoms with Gasteiger partial charge < -0.3 is 15.0 Å². The predicted molar refractivity (Wildman–Crippen MR) is 73.0 cm³/mol. The molecule has 2 rings (SSSR count). The van der Waals surface area contributed by atoms with E-state index in [0.29, 0.717) is 12.3 Å². The summed E-state index contributed by atoms with van der Waals surface area (Å²) in [4.78, 5) is 24.5. The Morgan fingerprint density at radius 3 is 2.85 bits per heavy atom. The summed E-state index contributed by atoms with van der Waals surface area (Å²) in [7, 11) is 3.13. The third kappa shape index (κ3) is 2.72. The van der Waals surface area contributed by atoms with Gasteiger partial charge >= 0.3 is 0 Å². The summed E-state index contributed by atoms with van der Waals surface area (Å²) in [5.41, 5.74) is -0.141. The van der Waals surface area contributed by atoms with Crippen LogP contribution in [0.15, 0.2) is 18.2 Å². The molecule has 0 spiro atoms. The zero-order chi connectivity index (χ0) is 14.7. The van der Waals surface area contributed by atoms with E-state index in [1.165, 1.54) is 25.3 Å². The van der Waals surface area contributed by atoms with E-state index in [-0.39, 0.29) is 23.2 Å². The lowest BCUT2D eigenvalue weighted by atomic mass is 10.1. The number of methoxy groups -OCH3 is 1. The van der Waals surface area contributed by atoms with Crippen LogP contribution in [0.4, 0.5) is 5.69 Å². The van der Waals surface area contributed by atoms with Crippen molar-refractivity contribution in [2.75, 3.05) is 27.2 Å². The largest absolute Gasteiger partial charge is 0.497 e. The van der Waals surface area contributed by atoms with Crippen molar-refractivity contribution in [2.45, 2.75) is 12.5 Å². The average Bonchev–Trinajstić information content (AvgIpc) is 2.99. The zero-order valence-corrected chi connectivity index (χ0v) is 11.5. The molecular weight excluding hydrogens is 262 g/mol. The maximum atomic E-state index is 12.5. The Bertz CT molecular complexity index is 526. The number of hydrogen-bond acceptors (Lipinski definition) is 5. The van der Waals surface area contributed by atoms with Gasteiger partial charge in [-0.3, -0.25) is 14.9 Å². The van der Waals surface area contributed by atoms with Crippen molar-refractivity contribution >= 4 is 11.6 Å². The van der Waals surface area contributed by atoms with Crippen molar-refractivity contribution in [3.05, 3.63) is 33.9 Å². The fraction of sp³-hybridized carbons (Fsp3) is 0.462. The van der Waals surface area contributed by atoms with Gasteiger partial charge in [0, 0.05) is 25.7 Å². The molecule has 0 aromatic heterocycles. The predicted octanol–water partition coefficient (Wildman–Crippen LogP) is 1.04. The summed E-state index contributed by atoms with van der Waals surface area (Å²) >= 11 is 0. The summed E-state index contributed by atoms with van der Waals surface area (Å²) in [5, 5.41) is 14.2. The molecule has 7 nitrogen and oxygen atoms in total. The third-order valence-corrected chi connectivity index (χ3v) is 3.53. The van der Waals surface area contributed by atoms with Crippen LogP contribution in [0.3, 0.4) is 0 Å². The van der Waals surface area contributed by atoms with Crippen LogP contribution >= 0.6 is 0 Å². The molecule has 108 valence electrons. The van der Waals surface area contributed by atoms with Crippen LogP contribution in [-0.2, 0) is 0 Å². The SMILES string of the molecule is COc1ccc([N+](=O)[O-])c(C(=O)N(C)C2CCNC2)c1. The Labute approximate surface area is 116 Å². The van der Waals surface area contributed by atoms with E-state index in [2.05, 4.69) is 5.32 Å². The Kier molecular flexibility index (Phi) is 4.19. The van der Waals surface area contributed by atoms with Gasteiger partial charge in [-0.2, -0.15) is 0 Å². The van der Waals surface area contributed by atoms with Gasteiger partial charge in [0.15, 0.2) is 0 Å². The Morgan fingerprint density at radius 1 is 1.55 bits per heavy atom. The maximum absolute atomic E-state index is 12.5. The molecule has 20 heavy (non-hydrogen) atoms. The van der Waals surface area contributed by atoms with Gasteiger partial charge in [-0.1, -0.05) is 0 Å². The van der Waals surface area contributed by atoms with Gasteiger partial charge in [0.05, 0.1) is 12.0 Å². The van der Waals surface area contributed by atoms with Crippen molar-refractivity contribution in [3.8, 4) is 5.75 Å². The molecule has 7 heteroatoms. The van der Waals surface area contributed by atoms with E-state index in [4.69, 9.17) is 4.74 Å². The maximum Gasteiger partial charge on any atom is 0.282 e. The topological polar surface area (TPSA) is 84.7 Å². The minimum Gasteiger partial charge on any atom is -0.497 e. The number of nitro groups is 1. The number of nitro benzene ring substituents is 1. The van der Waals surface area contributed by atoms with E-state index in [0.717, 1.165) is 13.0 Å². The van der Waals surface area contributed by atoms with Gasteiger partial charge in [0.25, 0.3) is 11.6 Å². The van der Waals surface area contributed by atoms with Crippen molar-refractivity contribution in [3.63, 3.8) is 0 Å². The summed E-state index contributed by atoms with van der Waals surface area (Å²) < 4.78 is 5.04. The summed E-state index contributed by atoms with van der Waals surface area (Å²) in [6.07, 6.45) is 0.847. The molecule has 1 heterocycles. The van der Waals surface area contributed by atoms with Crippen molar-refractivity contribution in [1.82, 2.24) is 10.2 Å². The van der Waals surface area contributed by atoms with Crippen LogP contribution in [0.25, 0.3) is 0 Å². The fourth-order valence-electron chi connectivity index (χ4n) is 2.30. The van der Waals surface area contributed by atoms with Crippen LogP contribution < -0.4 is 10.1 Å². The van der Waals surface area contributed by atoms with E-state index < -0.39 is 4.92 Å². The highest BCUT2D eigenvalue weighted by Gasteiger charge is 2.29. The minimum atomic E-state index is -0.548. The zero-order valence-electron chi connectivity index (χ0n) is 11.5. The monoisotopic (exact) mass is 279 g/mol. The van der Waals surface area contributed by atoms with Crippen molar-refractivity contribution in [1.29, 1.82) is 0 Å². The van der Waals surface area contributed by atoms with Crippen LogP contribution in [0, 0.1) is 10.1 Å². The molecule has 1 aliphatic rings. The standard InChI is InChI=1S/C13H17N3O4/c1-15(9-5-6-14-8-9)13(17)11-7-10(20-2)3-4-12(11)16(18)19/h3-4,7,9,14H,5-6,8H2,1-2H3. The number of ether oxygens (including phenoxy) is 1. The average molecular weight is 279 g/mol. The smallest absolute Gasteiger partial charge is 0.282 e. The van der Waals surface area contributed by atoms with Gasteiger partial charge in [-0.15, -0.1) is 0 Å². The first-order valence-corrected chi connectivity index (χ1v) is 6.35. The molecule has 1 atom stereocenters. The molecule has 1 N–H and O–H groups in total. The number of carbonyl (C=O) groups is 1. The third-order valence-electron chi connectivity index (χ3n) is 3.53. The molecule has 1 amide bonds. The molecule has 1 aliphatic heterocycles. The summed E-state index contributed by atoms with van der Waals surface area (Å²) in [6, 6.07) is 4.26. The molecule has 1 unspecified atom stereocenters. The highest BCUT2D eigenvalue weighted by Crippen LogP contribution is 2.26. The van der Waals surface area contributed by atoms with E-state index >= 15 is 0 Å². The van der Waals surface area contributed by atoms with E-state index in [9.17, 15) is 14.9 Å². The normalized spacial score (nSPS) is 17.8. The molecule has 1 aromatic rings. The Hall–Kier alpha value is -2.15. The number of carbonyl (C=O) groups excluding carboxylic acids is 1. The first kappa shape index (κ1) is 14.3. The molecule has 0 bridgehead atoms. The Balaban J connectivity index is 2.33. The molecule has 1 saturated heterocycles. The molecule has 0 aliphatic carbocycles. The fourth-order valence-corrected chi connectivity index (χ4v) is 2.30. The first-order chi connectivity index (χ1) is 9.54. The highest BCUT2D eigenvalue weighted by molar-refractivity contribution is 5.98. The number of likely N-dealkylation sites (N-methyl/N-ethyl adjacent to an activating group) is 1. The molecule has 1 aromatic carbocycles. The lowest BCUT2D eigenvalue weighted by molar-refractivity contribution is -0.385. The lowest BCUT2D eigenvalue weighted by Gasteiger charge is -2.23. The van der Waals surface area contributed by atoms with Crippen molar-refractivity contribution in [2.24, 2.45) is 0 Å². The molecular formula is C13H17N3O4. The van der Waals surface area contributed by atoms with Crippen LogP contribution in [0.1, 0.15) is 16.8 Å². The molecule has 1 fully saturated rings. The van der Waals surface area contributed by atoms with Crippen molar-refractivity contribution < 1.29 is 14.5 Å². The van der Waals surface area contributed by atoms with Crippen LogP contribution in [0.5, 0.6) is 5.75 Å².